The van der Waals surface area contributed by atoms with E-state index in [1.165, 1.54) is 19.1 Å². The Morgan fingerprint density at radius 1 is 1.28 bits per heavy atom. The van der Waals surface area contributed by atoms with Gasteiger partial charge >= 0.3 is 5.97 Å². The number of halogens is 2. The van der Waals surface area contributed by atoms with Crippen LogP contribution in [-0.4, -0.2) is 28.7 Å². The molecule has 1 saturated heterocycles. The van der Waals surface area contributed by atoms with Crippen LogP contribution in [0.4, 0.5) is 4.39 Å². The minimum Gasteiger partial charge on any atom is -0.459 e. The summed E-state index contributed by atoms with van der Waals surface area (Å²) in [5, 5.41) is 0. The van der Waals surface area contributed by atoms with Crippen molar-refractivity contribution in [2.45, 2.75) is 32.4 Å². The number of amides is 2. The van der Waals surface area contributed by atoms with Crippen LogP contribution in [0.3, 0.4) is 0 Å². The zero-order valence-corrected chi connectivity index (χ0v) is 15.2. The fourth-order valence-corrected chi connectivity index (χ4v) is 3.55. The zero-order chi connectivity index (χ0) is 18.1. The molecule has 0 bridgehead atoms. The summed E-state index contributed by atoms with van der Waals surface area (Å²) in [5.74, 6) is -2.68. The molecule has 3 rings (SSSR count). The number of nitrogens with zero attached hydrogens (tertiary/aromatic N) is 1. The van der Waals surface area contributed by atoms with Gasteiger partial charge in [-0.25, -0.2) is 9.18 Å². The summed E-state index contributed by atoms with van der Waals surface area (Å²) < 4.78 is 19.5. The minimum absolute atomic E-state index is 0.223. The van der Waals surface area contributed by atoms with Gasteiger partial charge in [-0.05, 0) is 31.9 Å². The molecule has 0 N–H and O–H groups in total. The lowest BCUT2D eigenvalue weighted by Crippen LogP contribution is -2.44. The van der Waals surface area contributed by atoms with Crippen molar-refractivity contribution < 1.29 is 23.5 Å². The summed E-state index contributed by atoms with van der Waals surface area (Å²) in [5.41, 5.74) is 0.223. The fourth-order valence-electron chi connectivity index (χ4n) is 3.22. The van der Waals surface area contributed by atoms with E-state index in [1.807, 2.05) is 12.2 Å². The van der Waals surface area contributed by atoms with E-state index in [0.717, 1.165) is 4.90 Å². The summed E-state index contributed by atoms with van der Waals surface area (Å²) in [7, 11) is 0. The van der Waals surface area contributed by atoms with Gasteiger partial charge in [0.15, 0.2) is 0 Å². The number of hydrogen-bond donors (Lipinski definition) is 0. The maximum Gasteiger partial charge on any atom is 0.329 e. The van der Waals surface area contributed by atoms with Gasteiger partial charge in [0.05, 0.1) is 11.8 Å². The third-order valence-corrected chi connectivity index (χ3v) is 5.15. The molecule has 1 aliphatic heterocycles. The highest BCUT2D eigenvalue weighted by atomic mass is 79.9. The summed E-state index contributed by atoms with van der Waals surface area (Å²) in [4.78, 5) is 38.2. The molecule has 1 aromatic rings. The second kappa shape index (κ2) is 7.07. The van der Waals surface area contributed by atoms with Crippen LogP contribution >= 0.6 is 15.9 Å². The van der Waals surface area contributed by atoms with E-state index in [-0.39, 0.29) is 24.0 Å². The number of imide groups is 1. The topological polar surface area (TPSA) is 63.7 Å². The number of fused-ring (bicyclic) bond motifs is 1. The van der Waals surface area contributed by atoms with Gasteiger partial charge in [0.25, 0.3) is 0 Å². The molecule has 1 aromatic carbocycles. The van der Waals surface area contributed by atoms with E-state index < -0.39 is 29.7 Å². The van der Waals surface area contributed by atoms with Gasteiger partial charge in [0.2, 0.25) is 11.8 Å². The first-order valence-electron chi connectivity index (χ1n) is 8.02. The van der Waals surface area contributed by atoms with Crippen LogP contribution in [-0.2, 0) is 25.7 Å². The van der Waals surface area contributed by atoms with Crippen LogP contribution in [0.5, 0.6) is 0 Å². The van der Waals surface area contributed by atoms with E-state index in [9.17, 15) is 18.8 Å². The number of allylic oxidation sites excluding steroid dienone is 2. The number of carbonyl (C=O) groups excluding carboxylic acids is 3. The van der Waals surface area contributed by atoms with E-state index in [4.69, 9.17) is 4.74 Å². The lowest BCUT2D eigenvalue weighted by molar-refractivity contribution is -0.159. The average Bonchev–Trinajstić information content (AvgIpc) is 2.85. The van der Waals surface area contributed by atoms with Crippen LogP contribution in [0, 0.1) is 17.7 Å². The van der Waals surface area contributed by atoms with Crippen molar-refractivity contribution >= 4 is 33.7 Å². The predicted octanol–water partition coefficient (Wildman–Crippen LogP) is 2.97. The van der Waals surface area contributed by atoms with E-state index in [0.29, 0.717) is 17.3 Å². The molecule has 25 heavy (non-hydrogen) atoms. The number of ether oxygens (including phenoxy) is 1. The molecule has 1 heterocycles. The fraction of sp³-hybridized carbons (Fsp3) is 0.389. The summed E-state index contributed by atoms with van der Waals surface area (Å²) >= 11 is 3.15. The lowest BCUT2D eigenvalue weighted by atomic mass is 9.85. The Hall–Kier alpha value is -2.02. The molecular formula is C18H17BrFNO4. The van der Waals surface area contributed by atoms with Crippen LogP contribution in [0.1, 0.15) is 25.3 Å². The van der Waals surface area contributed by atoms with Crippen molar-refractivity contribution in [3.05, 3.63) is 46.2 Å². The molecular weight excluding hydrogens is 393 g/mol. The van der Waals surface area contributed by atoms with E-state index in [2.05, 4.69) is 15.9 Å². The number of carbonyl (C=O) groups is 3. The van der Waals surface area contributed by atoms with Crippen molar-refractivity contribution in [2.75, 3.05) is 0 Å². The maximum absolute atomic E-state index is 13.8. The monoisotopic (exact) mass is 409 g/mol. The number of likely N-dealkylation sites (tertiary alicyclic amines) is 1. The minimum atomic E-state index is -1.02. The molecule has 2 amide bonds. The van der Waals surface area contributed by atoms with Crippen LogP contribution in [0.15, 0.2) is 34.8 Å². The third kappa shape index (κ3) is 3.38. The molecule has 1 fully saturated rings. The second-order valence-electron chi connectivity index (χ2n) is 6.22. The Morgan fingerprint density at radius 2 is 1.88 bits per heavy atom. The molecule has 0 radical (unpaired) electrons. The van der Waals surface area contributed by atoms with E-state index >= 15 is 0 Å². The van der Waals surface area contributed by atoms with Crippen LogP contribution in [0.25, 0.3) is 0 Å². The Morgan fingerprint density at radius 3 is 2.44 bits per heavy atom. The SMILES string of the molecule is C[C@@H](C(=O)OCc1ccc(Br)cc1F)N1C(=O)[C@H]2CC=CC[C@@H]2C1=O. The summed E-state index contributed by atoms with van der Waals surface area (Å²) in [6, 6.07) is 3.40. The molecule has 5 nitrogen and oxygen atoms in total. The molecule has 132 valence electrons. The van der Waals surface area contributed by atoms with Crippen LogP contribution in [0.2, 0.25) is 0 Å². The smallest absolute Gasteiger partial charge is 0.329 e. The van der Waals surface area contributed by atoms with Crippen LogP contribution < -0.4 is 0 Å². The van der Waals surface area contributed by atoms with Crippen molar-refractivity contribution in [2.24, 2.45) is 11.8 Å². The number of rotatable bonds is 4. The first-order chi connectivity index (χ1) is 11.9. The van der Waals surface area contributed by atoms with Gasteiger partial charge < -0.3 is 4.74 Å². The van der Waals surface area contributed by atoms with Crippen molar-refractivity contribution in [3.63, 3.8) is 0 Å². The summed E-state index contributed by atoms with van der Waals surface area (Å²) in [6.07, 6.45) is 4.79. The normalized spacial score (nSPS) is 23.6. The number of esters is 1. The number of hydrogen-bond acceptors (Lipinski definition) is 4. The predicted molar refractivity (Wildman–Crippen MR) is 90.6 cm³/mol. The highest BCUT2D eigenvalue weighted by molar-refractivity contribution is 9.10. The molecule has 1 aliphatic carbocycles. The van der Waals surface area contributed by atoms with E-state index in [1.54, 1.807) is 6.07 Å². The molecule has 0 aromatic heterocycles. The summed E-state index contributed by atoms with van der Waals surface area (Å²) in [6.45, 7) is 1.20. The third-order valence-electron chi connectivity index (χ3n) is 4.66. The Bertz CT molecular complexity index is 737. The van der Waals surface area contributed by atoms with Gasteiger partial charge in [-0.15, -0.1) is 0 Å². The Labute approximate surface area is 153 Å². The standard InChI is InChI=1S/C18H17BrFNO4/c1-10(18(24)25-9-11-6-7-12(19)8-15(11)20)21-16(22)13-4-2-3-5-14(13)17(21)23/h2-3,6-8,10,13-14H,4-5,9H2,1H3/t10-,13-,14-/m0/s1. The second-order valence-corrected chi connectivity index (χ2v) is 7.14. The first-order valence-corrected chi connectivity index (χ1v) is 8.82. The maximum atomic E-state index is 13.8. The highest BCUT2D eigenvalue weighted by Crippen LogP contribution is 2.36. The molecule has 2 aliphatic rings. The molecule has 0 saturated carbocycles. The van der Waals surface area contributed by atoms with Gasteiger partial charge in [-0.3, -0.25) is 14.5 Å². The van der Waals surface area contributed by atoms with Gasteiger partial charge in [-0.2, -0.15) is 0 Å². The number of benzene rings is 1. The lowest BCUT2D eigenvalue weighted by Gasteiger charge is -2.21. The Balaban J connectivity index is 1.66. The van der Waals surface area contributed by atoms with Gasteiger partial charge in [0.1, 0.15) is 18.5 Å². The van der Waals surface area contributed by atoms with Gasteiger partial charge in [-0.1, -0.05) is 34.1 Å². The molecule has 3 atom stereocenters. The first kappa shape index (κ1) is 17.8. The van der Waals surface area contributed by atoms with Crippen molar-refractivity contribution in [1.82, 2.24) is 4.90 Å². The Kier molecular flexibility index (Phi) is 5.03. The van der Waals surface area contributed by atoms with Crippen molar-refractivity contribution in [1.29, 1.82) is 0 Å². The quantitative estimate of drug-likeness (QED) is 0.435. The molecule has 7 heteroatoms. The van der Waals surface area contributed by atoms with Gasteiger partial charge in [0, 0.05) is 10.0 Å². The molecule has 0 unspecified atom stereocenters. The zero-order valence-electron chi connectivity index (χ0n) is 13.6. The molecule has 0 spiro atoms. The average molecular weight is 410 g/mol. The largest absolute Gasteiger partial charge is 0.459 e. The highest BCUT2D eigenvalue weighted by Gasteiger charge is 2.50. The van der Waals surface area contributed by atoms with Crippen molar-refractivity contribution in [3.8, 4) is 0 Å².